The molecule has 0 saturated heterocycles. The highest BCUT2D eigenvalue weighted by atomic mass is 16.6. The van der Waals surface area contributed by atoms with E-state index in [0.717, 1.165) is 0 Å². The molecule has 0 saturated carbocycles. The molecule has 5 nitrogen and oxygen atoms in total. The Morgan fingerprint density at radius 2 is 2.09 bits per heavy atom. The molecule has 0 aliphatic carbocycles. The summed E-state index contributed by atoms with van der Waals surface area (Å²) < 4.78 is 9.38. The normalized spacial score (nSPS) is 9.27. The van der Waals surface area contributed by atoms with E-state index in [1.165, 1.54) is 20.3 Å². The van der Waals surface area contributed by atoms with Crippen LogP contribution in [0.5, 0.6) is 11.8 Å². The topological polar surface area (TPSA) is 58.3 Å². The lowest BCUT2D eigenvalue weighted by molar-refractivity contribution is -0.674. The Kier molecular flexibility index (Phi) is 2.10. The number of hydrogen-bond acceptors (Lipinski definition) is 4. The van der Waals surface area contributed by atoms with Gasteiger partial charge < -0.3 is 14.7 Å². The predicted molar refractivity (Wildman–Crippen MR) is 36.3 cm³/mol. The molecular formula is C6H8N2O3. The van der Waals surface area contributed by atoms with E-state index in [2.05, 4.69) is 9.84 Å². The summed E-state index contributed by atoms with van der Waals surface area (Å²) in [5.41, 5.74) is 0. The SMILES string of the molecule is COc1ccc(OC)[n+]([O-])n1. The van der Waals surface area contributed by atoms with Gasteiger partial charge in [-0.15, -0.1) is 0 Å². The monoisotopic (exact) mass is 156 g/mol. The van der Waals surface area contributed by atoms with Gasteiger partial charge in [0.25, 0.3) is 5.88 Å². The molecule has 0 aliphatic rings. The fourth-order valence-corrected chi connectivity index (χ4v) is 0.633. The number of ether oxygens (including phenoxy) is 2. The maximum absolute atomic E-state index is 10.8. The Labute approximate surface area is 63.8 Å². The molecule has 1 rings (SSSR count). The van der Waals surface area contributed by atoms with Crippen molar-refractivity contribution in [2.45, 2.75) is 0 Å². The zero-order chi connectivity index (χ0) is 8.27. The summed E-state index contributed by atoms with van der Waals surface area (Å²) in [6.45, 7) is 0. The minimum atomic E-state index is 0.144. The molecule has 5 heteroatoms. The van der Waals surface area contributed by atoms with Crippen molar-refractivity contribution in [2.24, 2.45) is 0 Å². The molecular weight excluding hydrogens is 148 g/mol. The second-order valence-electron chi connectivity index (χ2n) is 1.79. The Morgan fingerprint density at radius 3 is 2.55 bits per heavy atom. The minimum absolute atomic E-state index is 0.144. The second kappa shape index (κ2) is 3.05. The number of hydrogen-bond donors (Lipinski definition) is 0. The molecule has 0 aliphatic heterocycles. The maximum Gasteiger partial charge on any atom is 0.405 e. The Balaban J connectivity index is 2.99. The first-order valence-electron chi connectivity index (χ1n) is 2.97. The summed E-state index contributed by atoms with van der Waals surface area (Å²) in [6, 6.07) is 3.03. The lowest BCUT2D eigenvalue weighted by Gasteiger charge is -2.00. The van der Waals surface area contributed by atoms with E-state index < -0.39 is 0 Å². The van der Waals surface area contributed by atoms with Crippen molar-refractivity contribution in [3.63, 3.8) is 0 Å². The number of rotatable bonds is 2. The zero-order valence-corrected chi connectivity index (χ0v) is 6.27. The highest BCUT2D eigenvalue weighted by molar-refractivity contribution is 5.10. The van der Waals surface area contributed by atoms with Gasteiger partial charge in [-0.1, -0.05) is 0 Å². The summed E-state index contributed by atoms with van der Waals surface area (Å²) in [7, 11) is 2.84. The number of aromatic nitrogens is 2. The van der Waals surface area contributed by atoms with E-state index in [4.69, 9.17) is 4.74 Å². The van der Waals surface area contributed by atoms with Crippen molar-refractivity contribution >= 4 is 0 Å². The van der Waals surface area contributed by atoms with Crippen molar-refractivity contribution in [1.82, 2.24) is 5.10 Å². The van der Waals surface area contributed by atoms with E-state index in [0.29, 0.717) is 4.85 Å². The van der Waals surface area contributed by atoms with Gasteiger partial charge in [0.2, 0.25) is 0 Å². The molecule has 0 unspecified atom stereocenters. The van der Waals surface area contributed by atoms with Crippen molar-refractivity contribution in [3.8, 4) is 11.8 Å². The molecule has 1 heterocycles. The van der Waals surface area contributed by atoms with Crippen molar-refractivity contribution in [2.75, 3.05) is 14.2 Å². The molecule has 0 bridgehead atoms. The van der Waals surface area contributed by atoms with Gasteiger partial charge in [0.1, 0.15) is 0 Å². The summed E-state index contributed by atoms with van der Waals surface area (Å²) in [5, 5.41) is 14.3. The van der Waals surface area contributed by atoms with Gasteiger partial charge in [0.15, 0.2) is 0 Å². The van der Waals surface area contributed by atoms with Crippen molar-refractivity contribution in [1.29, 1.82) is 0 Å². The molecule has 11 heavy (non-hydrogen) atoms. The smallest absolute Gasteiger partial charge is 0.405 e. The van der Waals surface area contributed by atoms with Gasteiger partial charge in [-0.2, -0.15) is 0 Å². The van der Waals surface area contributed by atoms with Crippen LogP contribution in [0.4, 0.5) is 0 Å². The molecule has 0 atom stereocenters. The molecule has 0 radical (unpaired) electrons. The standard InChI is InChI=1S/C6H8N2O3/c1-10-5-3-4-6(11-2)8(9)7-5/h3-4H,1-2H3. The van der Waals surface area contributed by atoms with Crippen LogP contribution in [0.3, 0.4) is 0 Å². The average molecular weight is 156 g/mol. The molecule has 0 amide bonds. The third kappa shape index (κ3) is 1.49. The van der Waals surface area contributed by atoms with Crippen LogP contribution in [0.2, 0.25) is 0 Å². The summed E-state index contributed by atoms with van der Waals surface area (Å²) >= 11 is 0. The molecule has 60 valence electrons. The van der Waals surface area contributed by atoms with Crippen LogP contribution in [0.15, 0.2) is 12.1 Å². The van der Waals surface area contributed by atoms with Gasteiger partial charge in [0, 0.05) is 6.07 Å². The lowest BCUT2D eigenvalue weighted by atomic mass is 10.5. The van der Waals surface area contributed by atoms with E-state index >= 15 is 0 Å². The first-order valence-corrected chi connectivity index (χ1v) is 2.97. The largest absolute Gasteiger partial charge is 0.591 e. The van der Waals surface area contributed by atoms with E-state index in [9.17, 15) is 5.21 Å². The van der Waals surface area contributed by atoms with Gasteiger partial charge in [0.05, 0.1) is 25.4 Å². The highest BCUT2D eigenvalue weighted by Crippen LogP contribution is 2.06. The number of nitrogens with zero attached hydrogens (tertiary/aromatic N) is 2. The fraction of sp³-hybridized carbons (Fsp3) is 0.333. The first kappa shape index (κ1) is 7.59. The highest BCUT2D eigenvalue weighted by Gasteiger charge is 2.07. The third-order valence-corrected chi connectivity index (χ3v) is 1.16. The van der Waals surface area contributed by atoms with Crippen LogP contribution < -0.4 is 14.3 Å². The molecule has 0 spiro atoms. The summed E-state index contributed by atoms with van der Waals surface area (Å²) in [6.07, 6.45) is 0. The van der Waals surface area contributed by atoms with Gasteiger partial charge in [-0.05, 0) is 4.85 Å². The van der Waals surface area contributed by atoms with Gasteiger partial charge in [-0.3, -0.25) is 0 Å². The van der Waals surface area contributed by atoms with Crippen LogP contribution in [-0.4, -0.2) is 19.3 Å². The van der Waals surface area contributed by atoms with E-state index in [1.54, 1.807) is 6.07 Å². The van der Waals surface area contributed by atoms with Crippen molar-refractivity contribution < 1.29 is 14.3 Å². The Morgan fingerprint density at radius 1 is 1.36 bits per heavy atom. The van der Waals surface area contributed by atoms with Gasteiger partial charge in [-0.25, -0.2) is 0 Å². The van der Waals surface area contributed by atoms with Crippen LogP contribution >= 0.6 is 0 Å². The summed E-state index contributed by atoms with van der Waals surface area (Å²) in [4.78, 5) is 0.360. The fourth-order valence-electron chi connectivity index (χ4n) is 0.633. The van der Waals surface area contributed by atoms with Crippen molar-refractivity contribution in [3.05, 3.63) is 17.3 Å². The second-order valence-corrected chi connectivity index (χ2v) is 1.79. The minimum Gasteiger partial charge on any atom is -0.591 e. The van der Waals surface area contributed by atoms with Crippen LogP contribution in [0.1, 0.15) is 0 Å². The predicted octanol–water partition coefficient (Wildman–Crippen LogP) is -0.268. The molecule has 1 aromatic heterocycles. The molecule has 0 fully saturated rings. The molecule has 0 N–H and O–H groups in total. The number of methoxy groups -OCH3 is 2. The zero-order valence-electron chi connectivity index (χ0n) is 6.27. The quantitative estimate of drug-likeness (QED) is 0.437. The van der Waals surface area contributed by atoms with Gasteiger partial charge >= 0.3 is 5.88 Å². The van der Waals surface area contributed by atoms with Crippen LogP contribution in [0.25, 0.3) is 0 Å². The third-order valence-electron chi connectivity index (χ3n) is 1.16. The average Bonchev–Trinajstić information content (AvgIpc) is 2.04. The molecule has 1 aromatic rings. The Hall–Kier alpha value is -1.52. The maximum atomic E-state index is 10.8. The van der Waals surface area contributed by atoms with Crippen LogP contribution in [-0.2, 0) is 0 Å². The lowest BCUT2D eigenvalue weighted by Crippen LogP contribution is -2.32. The van der Waals surface area contributed by atoms with E-state index in [1.807, 2.05) is 0 Å². The Bertz CT molecular complexity index is 252. The van der Waals surface area contributed by atoms with E-state index in [-0.39, 0.29) is 11.8 Å². The summed E-state index contributed by atoms with van der Waals surface area (Å²) in [5.74, 6) is 0.409. The van der Waals surface area contributed by atoms with Crippen LogP contribution in [0, 0.1) is 5.21 Å². The molecule has 0 aromatic carbocycles. The first-order chi connectivity index (χ1) is 5.27.